The molecular weight excluding hydrogens is 324 g/mol. The highest BCUT2D eigenvalue weighted by atomic mass is 32.1. The van der Waals surface area contributed by atoms with Crippen molar-refractivity contribution in [1.82, 2.24) is 14.9 Å². The number of carbonyl (C=O) groups excluding carboxylic acids is 2. The molecule has 1 aliphatic heterocycles. The largest absolute Gasteiger partial charge is 0.328 e. The number of nitrogens with one attached hydrogen (secondary N) is 1. The molecule has 1 N–H and O–H groups in total. The second-order valence-corrected chi connectivity index (χ2v) is 7.51. The van der Waals surface area contributed by atoms with E-state index >= 15 is 0 Å². The number of carbonyl (C=O) groups is 2. The Labute approximate surface area is 143 Å². The van der Waals surface area contributed by atoms with Crippen molar-refractivity contribution in [3.63, 3.8) is 0 Å². The smallest absolute Gasteiger partial charge is 0.264 e. The van der Waals surface area contributed by atoms with Gasteiger partial charge in [-0.2, -0.15) is 0 Å². The molecule has 0 bridgehead atoms. The zero-order valence-corrected chi connectivity index (χ0v) is 14.2. The first-order valence-electron chi connectivity index (χ1n) is 8.11. The summed E-state index contributed by atoms with van der Waals surface area (Å²) >= 11 is 1.57. The fourth-order valence-electron chi connectivity index (χ4n) is 3.24. The minimum Gasteiger partial charge on any atom is -0.328 e. The Morgan fingerprint density at radius 2 is 2.12 bits per heavy atom. The second-order valence-electron chi connectivity index (χ2n) is 6.37. The molecule has 124 valence electrons. The van der Waals surface area contributed by atoms with Crippen molar-refractivity contribution in [2.24, 2.45) is 0 Å². The Bertz CT molecular complexity index is 798. The molecule has 0 saturated heterocycles. The van der Waals surface area contributed by atoms with Gasteiger partial charge in [-0.05, 0) is 37.0 Å². The monoisotopic (exact) mass is 342 g/mol. The van der Waals surface area contributed by atoms with Crippen molar-refractivity contribution in [3.8, 4) is 0 Å². The molecule has 1 saturated carbocycles. The summed E-state index contributed by atoms with van der Waals surface area (Å²) in [6.45, 7) is 2.77. The Hall–Kier alpha value is -2.28. The van der Waals surface area contributed by atoms with E-state index in [1.807, 2.05) is 0 Å². The minimum absolute atomic E-state index is 0.0312. The van der Waals surface area contributed by atoms with E-state index in [0.717, 1.165) is 24.1 Å². The van der Waals surface area contributed by atoms with Gasteiger partial charge in [-0.15, -0.1) is 11.3 Å². The number of hydrogen-bond donors (Lipinski definition) is 1. The molecule has 0 atom stereocenters. The molecule has 2 amide bonds. The first-order chi connectivity index (χ1) is 11.6. The van der Waals surface area contributed by atoms with Crippen LogP contribution in [0.15, 0.2) is 24.5 Å². The predicted molar refractivity (Wildman–Crippen MR) is 91.2 cm³/mol. The van der Waals surface area contributed by atoms with Crippen LogP contribution in [-0.4, -0.2) is 39.8 Å². The van der Waals surface area contributed by atoms with E-state index in [2.05, 4.69) is 28.3 Å². The summed E-state index contributed by atoms with van der Waals surface area (Å²) in [5.74, 6) is -0.0319. The molecular formula is C17H18N4O2S. The van der Waals surface area contributed by atoms with Crippen LogP contribution in [0, 0.1) is 0 Å². The van der Waals surface area contributed by atoms with Gasteiger partial charge in [0, 0.05) is 29.2 Å². The van der Waals surface area contributed by atoms with E-state index in [0.29, 0.717) is 6.54 Å². The molecule has 6 nitrogen and oxygen atoms in total. The maximum absolute atomic E-state index is 12.8. The van der Waals surface area contributed by atoms with Crippen LogP contribution in [0.3, 0.4) is 0 Å². The van der Waals surface area contributed by atoms with Gasteiger partial charge in [-0.3, -0.25) is 14.9 Å². The zero-order chi connectivity index (χ0) is 16.7. The molecule has 1 spiro atoms. The van der Waals surface area contributed by atoms with E-state index in [4.69, 9.17) is 0 Å². The predicted octanol–water partition coefficient (Wildman–Crippen LogP) is 2.23. The summed E-state index contributed by atoms with van der Waals surface area (Å²) in [4.78, 5) is 36.7. The average Bonchev–Trinajstić information content (AvgIpc) is 3.20. The van der Waals surface area contributed by atoms with E-state index < -0.39 is 0 Å². The van der Waals surface area contributed by atoms with Crippen molar-refractivity contribution in [3.05, 3.63) is 39.8 Å². The molecule has 2 aromatic heterocycles. The maximum atomic E-state index is 12.8. The van der Waals surface area contributed by atoms with Gasteiger partial charge in [0.1, 0.15) is 6.54 Å². The molecule has 4 rings (SSSR count). The van der Waals surface area contributed by atoms with Crippen LogP contribution in [0.5, 0.6) is 0 Å². The van der Waals surface area contributed by atoms with E-state index in [1.165, 1.54) is 10.4 Å². The van der Waals surface area contributed by atoms with Gasteiger partial charge in [-0.1, -0.05) is 6.92 Å². The van der Waals surface area contributed by atoms with Crippen LogP contribution < -0.4 is 5.32 Å². The van der Waals surface area contributed by atoms with Crippen molar-refractivity contribution in [2.45, 2.75) is 31.6 Å². The maximum Gasteiger partial charge on any atom is 0.264 e. The lowest BCUT2D eigenvalue weighted by Crippen LogP contribution is -2.46. The molecule has 0 aromatic carbocycles. The fourth-order valence-corrected chi connectivity index (χ4v) is 4.43. The molecule has 0 unspecified atom stereocenters. The van der Waals surface area contributed by atoms with Gasteiger partial charge in [0.2, 0.25) is 11.9 Å². The lowest BCUT2D eigenvalue weighted by Gasteiger charge is -2.32. The topological polar surface area (TPSA) is 75.2 Å². The minimum atomic E-state index is -0.263. The van der Waals surface area contributed by atoms with Gasteiger partial charge < -0.3 is 4.90 Å². The number of fused-ring (bicyclic) bond motifs is 2. The number of hydrogen-bond acceptors (Lipinski definition) is 5. The van der Waals surface area contributed by atoms with Gasteiger partial charge in [0.15, 0.2) is 0 Å². The van der Waals surface area contributed by atoms with Gasteiger partial charge in [-0.25, -0.2) is 9.97 Å². The van der Waals surface area contributed by atoms with Gasteiger partial charge >= 0.3 is 0 Å². The number of amides is 2. The molecule has 7 heteroatoms. The summed E-state index contributed by atoms with van der Waals surface area (Å²) in [7, 11) is 0. The third kappa shape index (κ3) is 2.58. The lowest BCUT2D eigenvalue weighted by molar-refractivity contribution is -0.117. The van der Waals surface area contributed by atoms with Crippen LogP contribution in [0.2, 0.25) is 0 Å². The number of nitrogens with zero attached hydrogens (tertiary/aromatic N) is 3. The number of thiophene rings is 1. The second kappa shape index (κ2) is 5.66. The zero-order valence-electron chi connectivity index (χ0n) is 13.4. The van der Waals surface area contributed by atoms with Crippen molar-refractivity contribution < 1.29 is 9.59 Å². The third-order valence-corrected chi connectivity index (χ3v) is 5.95. The Kier molecular flexibility index (Phi) is 3.60. The number of anilines is 1. The third-order valence-electron chi connectivity index (χ3n) is 4.68. The van der Waals surface area contributed by atoms with E-state index in [9.17, 15) is 9.59 Å². The Morgan fingerprint density at radius 1 is 1.38 bits per heavy atom. The molecule has 1 fully saturated rings. The average molecular weight is 342 g/mol. The van der Waals surface area contributed by atoms with Crippen molar-refractivity contribution >= 4 is 29.1 Å². The summed E-state index contributed by atoms with van der Waals surface area (Å²) in [5, 5.41) is 2.65. The Morgan fingerprint density at radius 3 is 2.79 bits per heavy atom. The SMILES string of the molecule is CCc1cc2c(s1)C(=O)N(CC(=O)Nc1ncccn1)CC21CC1. The molecule has 3 heterocycles. The molecule has 1 aliphatic carbocycles. The summed E-state index contributed by atoms with van der Waals surface area (Å²) in [6.07, 6.45) is 6.25. The molecule has 2 aromatic rings. The highest BCUT2D eigenvalue weighted by Crippen LogP contribution is 2.54. The van der Waals surface area contributed by atoms with Gasteiger partial charge in [0.05, 0.1) is 4.88 Å². The molecule has 24 heavy (non-hydrogen) atoms. The first-order valence-corrected chi connectivity index (χ1v) is 8.92. The standard InChI is InChI=1S/C17H18N4O2S/c1-2-11-8-12-14(24-11)15(23)21(10-17(12)4-5-17)9-13(22)20-16-18-6-3-7-19-16/h3,6-8H,2,4-5,9-10H2,1H3,(H,18,19,20,22). The molecule has 2 aliphatic rings. The summed E-state index contributed by atoms with van der Waals surface area (Å²) in [5.41, 5.74) is 1.29. The van der Waals surface area contributed by atoms with Crippen LogP contribution >= 0.6 is 11.3 Å². The highest BCUT2D eigenvalue weighted by Gasteiger charge is 2.52. The van der Waals surface area contributed by atoms with Crippen molar-refractivity contribution in [1.29, 1.82) is 0 Å². The fraction of sp³-hybridized carbons (Fsp3) is 0.412. The van der Waals surface area contributed by atoms with Crippen molar-refractivity contribution in [2.75, 3.05) is 18.4 Å². The van der Waals surface area contributed by atoms with Crippen LogP contribution in [0.4, 0.5) is 5.95 Å². The summed E-state index contributed by atoms with van der Waals surface area (Å²) in [6, 6.07) is 3.88. The van der Waals surface area contributed by atoms with Gasteiger partial charge in [0.25, 0.3) is 5.91 Å². The highest BCUT2D eigenvalue weighted by molar-refractivity contribution is 7.14. The number of rotatable bonds is 4. The molecule has 0 radical (unpaired) electrons. The number of aryl methyl sites for hydroxylation is 1. The quantitative estimate of drug-likeness (QED) is 0.924. The number of aromatic nitrogens is 2. The first kappa shape index (κ1) is 15.3. The lowest BCUT2D eigenvalue weighted by atomic mass is 9.91. The Balaban J connectivity index is 1.52. The summed E-state index contributed by atoms with van der Waals surface area (Å²) < 4.78 is 0. The normalized spacial score (nSPS) is 17.7. The van der Waals surface area contributed by atoms with E-state index in [1.54, 1.807) is 34.7 Å². The van der Waals surface area contributed by atoms with Crippen LogP contribution in [-0.2, 0) is 16.6 Å². The van der Waals surface area contributed by atoms with E-state index in [-0.39, 0.29) is 29.7 Å². The van der Waals surface area contributed by atoms with Crippen LogP contribution in [0.25, 0.3) is 0 Å². The van der Waals surface area contributed by atoms with Crippen LogP contribution in [0.1, 0.15) is 39.9 Å².